The smallest absolute Gasteiger partial charge is 0.0628 e. The Morgan fingerprint density at radius 3 is 2.88 bits per heavy atom. The molecule has 1 fully saturated rings. The third-order valence-corrected chi connectivity index (χ3v) is 3.40. The number of hydrogen-bond acceptors (Lipinski definition) is 2. The van der Waals surface area contributed by atoms with Crippen LogP contribution in [0.25, 0.3) is 10.9 Å². The minimum absolute atomic E-state index is 0.0464. The van der Waals surface area contributed by atoms with E-state index in [0.29, 0.717) is 0 Å². The Hall–Kier alpha value is -1.48. The predicted molar refractivity (Wildman–Crippen MR) is 67.7 cm³/mol. The number of nitrogens with one attached hydrogen (secondary N) is 2. The Bertz CT molecular complexity index is 523. The Kier molecular flexibility index (Phi) is 1.98. The Morgan fingerprint density at radius 1 is 1.38 bits per heavy atom. The Morgan fingerprint density at radius 2 is 2.12 bits per heavy atom. The molecule has 1 saturated carbocycles. The topological polar surface area (TPSA) is 53.8 Å². The number of aromatic nitrogens is 1. The summed E-state index contributed by atoms with van der Waals surface area (Å²) in [4.78, 5) is 3.38. The van der Waals surface area contributed by atoms with Gasteiger partial charge in [-0.25, -0.2) is 0 Å². The normalized spacial score (nSPS) is 17.6. The molecule has 3 rings (SSSR count). The second-order valence-corrected chi connectivity index (χ2v) is 4.89. The molecule has 0 radical (unpaired) electrons. The number of aromatic amines is 1. The van der Waals surface area contributed by atoms with Gasteiger partial charge in [-0.2, -0.15) is 0 Å². The van der Waals surface area contributed by atoms with Gasteiger partial charge in [0.25, 0.3) is 0 Å². The van der Waals surface area contributed by atoms with E-state index < -0.39 is 0 Å². The second-order valence-electron chi connectivity index (χ2n) is 4.89. The summed E-state index contributed by atoms with van der Waals surface area (Å²) in [5.41, 5.74) is 9.70. The lowest BCUT2D eigenvalue weighted by Crippen LogP contribution is -2.31. The van der Waals surface area contributed by atoms with Crippen molar-refractivity contribution in [3.8, 4) is 0 Å². The molecule has 1 aliphatic carbocycles. The summed E-state index contributed by atoms with van der Waals surface area (Å²) < 4.78 is 0. The highest BCUT2D eigenvalue weighted by molar-refractivity contribution is 5.94. The van der Waals surface area contributed by atoms with Gasteiger partial charge in [0.2, 0.25) is 0 Å². The van der Waals surface area contributed by atoms with Crippen molar-refractivity contribution in [3.63, 3.8) is 0 Å². The number of hydrogen-bond donors (Lipinski definition) is 3. The zero-order valence-corrected chi connectivity index (χ0v) is 9.51. The van der Waals surface area contributed by atoms with Crippen molar-refractivity contribution >= 4 is 16.6 Å². The monoisotopic (exact) mass is 215 g/mol. The van der Waals surface area contributed by atoms with Gasteiger partial charge < -0.3 is 16.0 Å². The summed E-state index contributed by atoms with van der Waals surface area (Å²) >= 11 is 0. The second kappa shape index (κ2) is 3.25. The lowest BCUT2D eigenvalue weighted by atomic mass is 10.2. The van der Waals surface area contributed by atoms with Gasteiger partial charge in [0.05, 0.1) is 5.69 Å². The van der Waals surface area contributed by atoms with Crippen molar-refractivity contribution in [1.82, 2.24) is 4.98 Å². The fourth-order valence-corrected chi connectivity index (χ4v) is 2.11. The van der Waals surface area contributed by atoms with Crippen LogP contribution in [0.5, 0.6) is 0 Å². The maximum atomic E-state index is 6.08. The first-order valence-corrected chi connectivity index (χ1v) is 5.78. The summed E-state index contributed by atoms with van der Waals surface area (Å²) in [6, 6.07) is 8.35. The number of nitrogens with two attached hydrogens (primary N) is 1. The van der Waals surface area contributed by atoms with E-state index in [1.165, 1.54) is 22.3 Å². The van der Waals surface area contributed by atoms with E-state index >= 15 is 0 Å². The minimum atomic E-state index is 0.0464. The highest BCUT2D eigenvalue weighted by atomic mass is 15.0. The third kappa shape index (κ3) is 1.57. The van der Waals surface area contributed by atoms with Crippen LogP contribution in [0.2, 0.25) is 0 Å². The number of para-hydroxylation sites is 1. The van der Waals surface area contributed by atoms with Crippen molar-refractivity contribution < 1.29 is 0 Å². The fourth-order valence-electron chi connectivity index (χ4n) is 2.11. The van der Waals surface area contributed by atoms with Crippen molar-refractivity contribution in [2.24, 2.45) is 5.73 Å². The first-order valence-electron chi connectivity index (χ1n) is 5.78. The Balaban J connectivity index is 1.92. The zero-order valence-electron chi connectivity index (χ0n) is 9.51. The van der Waals surface area contributed by atoms with Crippen molar-refractivity contribution in [2.75, 3.05) is 11.9 Å². The quantitative estimate of drug-likeness (QED) is 0.736. The molecule has 1 heterocycles. The summed E-state index contributed by atoms with van der Waals surface area (Å²) in [5, 5.41) is 4.74. The van der Waals surface area contributed by atoms with Gasteiger partial charge in [-0.3, -0.25) is 0 Å². The highest BCUT2D eigenvalue weighted by Gasteiger charge is 2.37. The van der Waals surface area contributed by atoms with Crippen LogP contribution in [0.15, 0.2) is 24.3 Å². The highest BCUT2D eigenvalue weighted by Crippen LogP contribution is 2.34. The molecule has 1 aromatic carbocycles. The van der Waals surface area contributed by atoms with Crippen LogP contribution in [0.4, 0.5) is 5.69 Å². The van der Waals surface area contributed by atoms with Gasteiger partial charge >= 0.3 is 0 Å². The van der Waals surface area contributed by atoms with Crippen LogP contribution in [0.3, 0.4) is 0 Å². The van der Waals surface area contributed by atoms with E-state index in [1.54, 1.807) is 0 Å². The summed E-state index contributed by atoms with van der Waals surface area (Å²) in [6.45, 7) is 2.97. The van der Waals surface area contributed by atoms with Crippen LogP contribution in [-0.2, 0) is 0 Å². The summed E-state index contributed by atoms with van der Waals surface area (Å²) in [6.07, 6.45) is 2.28. The minimum Gasteiger partial charge on any atom is -0.381 e. The molecule has 0 atom stereocenters. The van der Waals surface area contributed by atoms with Crippen molar-refractivity contribution in [2.45, 2.75) is 25.3 Å². The van der Waals surface area contributed by atoms with Crippen LogP contribution in [0, 0.1) is 6.92 Å². The van der Waals surface area contributed by atoms with Crippen LogP contribution in [-0.4, -0.2) is 17.1 Å². The molecule has 0 amide bonds. The summed E-state index contributed by atoms with van der Waals surface area (Å²) in [7, 11) is 0. The average Bonchev–Trinajstić information content (AvgIpc) is 2.91. The van der Waals surface area contributed by atoms with Crippen LogP contribution >= 0.6 is 0 Å². The lowest BCUT2D eigenvalue weighted by Gasteiger charge is -2.11. The fraction of sp³-hybridized carbons (Fsp3) is 0.385. The molecule has 1 aliphatic rings. The largest absolute Gasteiger partial charge is 0.381 e. The van der Waals surface area contributed by atoms with E-state index in [9.17, 15) is 0 Å². The molecule has 3 nitrogen and oxygen atoms in total. The molecule has 2 aromatic rings. The van der Waals surface area contributed by atoms with Gasteiger partial charge in [-0.15, -0.1) is 0 Å². The van der Waals surface area contributed by atoms with Crippen molar-refractivity contribution in [1.29, 1.82) is 0 Å². The molecule has 0 spiro atoms. The molecule has 0 aliphatic heterocycles. The SMILES string of the molecule is Cc1[nH]c2ccccc2c1NCC1(N)CC1. The Labute approximate surface area is 95.0 Å². The molecule has 0 saturated heterocycles. The number of rotatable bonds is 3. The molecule has 1 aromatic heterocycles. The number of anilines is 1. The first kappa shape index (κ1) is 9.73. The number of benzene rings is 1. The maximum Gasteiger partial charge on any atom is 0.0628 e. The average molecular weight is 215 g/mol. The molecular formula is C13H17N3. The van der Waals surface area contributed by atoms with Crippen LogP contribution in [0.1, 0.15) is 18.5 Å². The van der Waals surface area contributed by atoms with Gasteiger partial charge in [-0.05, 0) is 25.8 Å². The summed E-state index contributed by atoms with van der Waals surface area (Å²) in [5.74, 6) is 0. The van der Waals surface area contributed by atoms with Crippen molar-refractivity contribution in [3.05, 3.63) is 30.0 Å². The van der Waals surface area contributed by atoms with Crippen LogP contribution < -0.4 is 11.1 Å². The van der Waals surface area contributed by atoms with Gasteiger partial charge in [0.15, 0.2) is 0 Å². The molecule has 84 valence electrons. The maximum absolute atomic E-state index is 6.08. The molecule has 4 N–H and O–H groups in total. The molecular weight excluding hydrogens is 198 g/mol. The van der Waals surface area contributed by atoms with E-state index in [1.807, 2.05) is 6.07 Å². The lowest BCUT2D eigenvalue weighted by molar-refractivity contribution is 0.713. The number of fused-ring (bicyclic) bond motifs is 1. The van der Waals surface area contributed by atoms with E-state index in [0.717, 1.165) is 19.4 Å². The van der Waals surface area contributed by atoms with E-state index in [2.05, 4.69) is 35.4 Å². The molecule has 16 heavy (non-hydrogen) atoms. The third-order valence-electron chi connectivity index (χ3n) is 3.40. The first-order chi connectivity index (χ1) is 7.68. The molecule has 3 heteroatoms. The van der Waals surface area contributed by atoms with Gasteiger partial charge in [0.1, 0.15) is 0 Å². The number of aryl methyl sites for hydroxylation is 1. The molecule has 0 unspecified atom stereocenters. The van der Waals surface area contributed by atoms with E-state index in [4.69, 9.17) is 5.73 Å². The van der Waals surface area contributed by atoms with E-state index in [-0.39, 0.29) is 5.54 Å². The van der Waals surface area contributed by atoms with Gasteiger partial charge in [0, 0.05) is 28.7 Å². The standard InChI is InChI=1S/C13H17N3/c1-9-12(15-8-13(14)6-7-13)10-4-2-3-5-11(10)16-9/h2-5,15-16H,6-8,14H2,1H3. The predicted octanol–water partition coefficient (Wildman–Crippen LogP) is 2.38. The number of H-pyrrole nitrogens is 1. The van der Waals surface area contributed by atoms with Gasteiger partial charge in [-0.1, -0.05) is 18.2 Å². The molecule has 0 bridgehead atoms. The zero-order chi connectivity index (χ0) is 11.2.